The van der Waals surface area contributed by atoms with Gasteiger partial charge in [0.15, 0.2) is 5.78 Å². The molecule has 0 aromatic heterocycles. The highest BCUT2D eigenvalue weighted by Crippen LogP contribution is 2.09. The molecule has 0 bridgehead atoms. The first-order valence-electron chi connectivity index (χ1n) is 5.02. The maximum atomic E-state index is 11.8. The first kappa shape index (κ1) is 12.2. The predicted molar refractivity (Wildman–Crippen MR) is 61.1 cm³/mol. The summed E-state index contributed by atoms with van der Waals surface area (Å²) in [6, 6.07) is 8.53. The number of hydrogen-bond donors (Lipinski definition) is 0. The molecule has 0 spiro atoms. The van der Waals surface area contributed by atoms with Crippen molar-refractivity contribution in [2.75, 3.05) is 0 Å². The molecule has 0 atom stereocenters. The number of ketones is 1. The minimum Gasteiger partial charge on any atom is -0.459 e. The van der Waals surface area contributed by atoms with E-state index in [-0.39, 0.29) is 11.7 Å². The lowest BCUT2D eigenvalue weighted by molar-refractivity contribution is -0.142. The number of ether oxygens (including phenoxy) is 1. The molecule has 0 aliphatic carbocycles. The average Bonchev–Trinajstić information content (AvgIpc) is 2.27. The Morgan fingerprint density at radius 3 is 2.25 bits per heavy atom. The van der Waals surface area contributed by atoms with Crippen molar-refractivity contribution in [2.45, 2.75) is 20.0 Å². The van der Waals surface area contributed by atoms with Crippen LogP contribution in [0.4, 0.5) is 0 Å². The van der Waals surface area contributed by atoms with Crippen molar-refractivity contribution in [1.29, 1.82) is 0 Å². The Balaban J connectivity index is 2.76. The Labute approximate surface area is 94.7 Å². The smallest absolute Gasteiger partial charge is 0.341 e. The Morgan fingerprint density at radius 2 is 1.75 bits per heavy atom. The van der Waals surface area contributed by atoms with E-state index in [9.17, 15) is 9.59 Å². The molecule has 0 saturated heterocycles. The Morgan fingerprint density at radius 1 is 1.19 bits per heavy atom. The zero-order chi connectivity index (χ0) is 12.1. The molecule has 0 aliphatic heterocycles. The van der Waals surface area contributed by atoms with Gasteiger partial charge >= 0.3 is 5.97 Å². The van der Waals surface area contributed by atoms with Crippen LogP contribution in [-0.4, -0.2) is 17.9 Å². The third kappa shape index (κ3) is 3.05. The molecule has 0 heterocycles. The van der Waals surface area contributed by atoms with Gasteiger partial charge in [0.1, 0.15) is 5.57 Å². The van der Waals surface area contributed by atoms with Crippen molar-refractivity contribution in [3.05, 3.63) is 48.0 Å². The molecular formula is C13H14O3. The van der Waals surface area contributed by atoms with Crippen LogP contribution in [0.3, 0.4) is 0 Å². The normalized spacial score (nSPS) is 9.94. The summed E-state index contributed by atoms with van der Waals surface area (Å²) in [5.74, 6) is -1.06. The lowest BCUT2D eigenvalue weighted by Gasteiger charge is -2.08. The molecule has 1 rings (SSSR count). The highest BCUT2D eigenvalue weighted by Gasteiger charge is 2.19. The predicted octanol–water partition coefficient (Wildman–Crippen LogP) is 2.38. The molecule has 3 heteroatoms. The third-order valence-corrected chi connectivity index (χ3v) is 1.90. The van der Waals surface area contributed by atoms with Crippen molar-refractivity contribution in [3.8, 4) is 0 Å². The molecule has 0 N–H and O–H groups in total. The number of benzene rings is 1. The Hall–Kier alpha value is -1.90. The van der Waals surface area contributed by atoms with Crippen LogP contribution in [0.2, 0.25) is 0 Å². The van der Waals surface area contributed by atoms with Crippen molar-refractivity contribution in [2.24, 2.45) is 0 Å². The lowest BCUT2D eigenvalue weighted by Crippen LogP contribution is -2.18. The van der Waals surface area contributed by atoms with Gasteiger partial charge in [-0.25, -0.2) is 4.79 Å². The van der Waals surface area contributed by atoms with E-state index in [1.807, 2.05) is 0 Å². The fraction of sp³-hybridized carbons (Fsp3) is 0.231. The minimum atomic E-state index is -0.663. The van der Waals surface area contributed by atoms with Crippen LogP contribution in [0.25, 0.3) is 0 Å². The number of esters is 1. The van der Waals surface area contributed by atoms with E-state index in [1.54, 1.807) is 44.2 Å². The van der Waals surface area contributed by atoms with Gasteiger partial charge in [0.2, 0.25) is 0 Å². The van der Waals surface area contributed by atoms with Crippen molar-refractivity contribution in [3.63, 3.8) is 0 Å². The van der Waals surface area contributed by atoms with Crippen LogP contribution in [0.15, 0.2) is 42.5 Å². The summed E-state index contributed by atoms with van der Waals surface area (Å²) in [5, 5.41) is 0. The molecule has 0 aliphatic rings. The van der Waals surface area contributed by atoms with E-state index in [1.165, 1.54) is 0 Å². The SMILES string of the molecule is C=C(C(=O)OC(C)C)C(=O)c1ccccc1. The van der Waals surface area contributed by atoms with E-state index in [4.69, 9.17) is 4.74 Å². The third-order valence-electron chi connectivity index (χ3n) is 1.90. The van der Waals surface area contributed by atoms with Gasteiger partial charge in [-0.05, 0) is 13.8 Å². The van der Waals surface area contributed by atoms with Crippen LogP contribution < -0.4 is 0 Å². The summed E-state index contributed by atoms with van der Waals surface area (Å²) >= 11 is 0. The first-order valence-corrected chi connectivity index (χ1v) is 5.02. The average molecular weight is 218 g/mol. The second kappa shape index (κ2) is 5.26. The largest absolute Gasteiger partial charge is 0.459 e. The maximum Gasteiger partial charge on any atom is 0.341 e. The van der Waals surface area contributed by atoms with Gasteiger partial charge in [-0.15, -0.1) is 0 Å². The fourth-order valence-electron chi connectivity index (χ4n) is 1.14. The summed E-state index contributed by atoms with van der Waals surface area (Å²) in [6.45, 7) is 6.90. The second-order valence-electron chi connectivity index (χ2n) is 3.63. The molecular weight excluding hydrogens is 204 g/mol. The van der Waals surface area contributed by atoms with Gasteiger partial charge in [-0.2, -0.15) is 0 Å². The summed E-state index contributed by atoms with van der Waals surface area (Å²) in [6.07, 6.45) is -0.257. The van der Waals surface area contributed by atoms with Crippen LogP contribution in [-0.2, 0) is 9.53 Å². The molecule has 0 radical (unpaired) electrons. The molecule has 1 aromatic carbocycles. The molecule has 0 saturated carbocycles. The Bertz CT molecular complexity index is 404. The van der Waals surface area contributed by atoms with Gasteiger partial charge in [0.25, 0.3) is 0 Å². The van der Waals surface area contributed by atoms with Gasteiger partial charge in [-0.1, -0.05) is 36.9 Å². The highest BCUT2D eigenvalue weighted by molar-refractivity contribution is 6.23. The maximum absolute atomic E-state index is 11.8. The van der Waals surface area contributed by atoms with Gasteiger partial charge < -0.3 is 4.74 Å². The second-order valence-corrected chi connectivity index (χ2v) is 3.63. The quantitative estimate of drug-likeness (QED) is 0.256. The van der Waals surface area contributed by atoms with E-state index < -0.39 is 11.8 Å². The Kier molecular flexibility index (Phi) is 4.00. The summed E-state index contributed by atoms with van der Waals surface area (Å²) in [5.41, 5.74) is 0.299. The highest BCUT2D eigenvalue weighted by atomic mass is 16.5. The van der Waals surface area contributed by atoms with Gasteiger partial charge in [0.05, 0.1) is 6.10 Å². The zero-order valence-electron chi connectivity index (χ0n) is 9.40. The van der Waals surface area contributed by atoms with Crippen molar-refractivity contribution >= 4 is 11.8 Å². The molecule has 0 unspecified atom stereocenters. The van der Waals surface area contributed by atoms with Crippen LogP contribution in [0, 0.1) is 0 Å². The molecule has 1 aromatic rings. The molecule has 16 heavy (non-hydrogen) atoms. The standard InChI is InChI=1S/C13H14O3/c1-9(2)16-13(15)10(3)12(14)11-7-5-4-6-8-11/h4-9H,3H2,1-2H3. The van der Waals surface area contributed by atoms with Crippen molar-refractivity contribution < 1.29 is 14.3 Å². The van der Waals surface area contributed by atoms with E-state index in [0.717, 1.165) is 0 Å². The number of hydrogen-bond acceptors (Lipinski definition) is 3. The molecule has 0 amide bonds. The summed E-state index contributed by atoms with van der Waals surface area (Å²) in [7, 11) is 0. The number of carbonyl (C=O) groups is 2. The monoisotopic (exact) mass is 218 g/mol. The topological polar surface area (TPSA) is 43.4 Å². The van der Waals surface area contributed by atoms with Gasteiger partial charge in [-0.3, -0.25) is 4.79 Å². The number of Topliss-reactive ketones (excluding diaryl/α,β-unsaturated/α-hetero) is 1. The fourth-order valence-corrected chi connectivity index (χ4v) is 1.14. The molecule has 0 fully saturated rings. The lowest BCUT2D eigenvalue weighted by atomic mass is 10.1. The molecule has 3 nitrogen and oxygen atoms in total. The summed E-state index contributed by atoms with van der Waals surface area (Å²) in [4.78, 5) is 23.2. The molecule has 84 valence electrons. The van der Waals surface area contributed by atoms with Gasteiger partial charge in [0, 0.05) is 5.56 Å². The zero-order valence-corrected chi connectivity index (χ0v) is 9.40. The summed E-state index contributed by atoms with van der Waals surface area (Å²) < 4.78 is 4.90. The van der Waals surface area contributed by atoms with Crippen molar-refractivity contribution in [1.82, 2.24) is 0 Å². The van der Waals surface area contributed by atoms with Crippen LogP contribution >= 0.6 is 0 Å². The minimum absolute atomic E-state index is 0.139. The number of rotatable bonds is 4. The van der Waals surface area contributed by atoms with E-state index >= 15 is 0 Å². The first-order chi connectivity index (χ1) is 7.52. The van der Waals surface area contributed by atoms with E-state index in [0.29, 0.717) is 5.56 Å². The van der Waals surface area contributed by atoms with Crippen LogP contribution in [0.5, 0.6) is 0 Å². The van der Waals surface area contributed by atoms with Crippen LogP contribution in [0.1, 0.15) is 24.2 Å². The van der Waals surface area contributed by atoms with E-state index in [2.05, 4.69) is 6.58 Å². The number of carbonyl (C=O) groups excluding carboxylic acids is 2.